The number of hydrogen-bond acceptors (Lipinski definition) is 7. The molecule has 1 spiro atoms. The number of carbonyl (C=O) groups excluding carboxylic acids is 1. The highest BCUT2D eigenvalue weighted by Crippen LogP contribution is 2.66. The molecule has 7 heteroatoms. The van der Waals surface area contributed by atoms with E-state index < -0.39 is 23.1 Å². The fourth-order valence-electron chi connectivity index (χ4n) is 7.41. The molecular formula is C30H33NO6. The Bertz CT molecular complexity index is 1290. The van der Waals surface area contributed by atoms with Crippen molar-refractivity contribution < 1.29 is 29.2 Å². The lowest BCUT2D eigenvalue weighted by molar-refractivity contribution is -0.175. The smallest absolute Gasteiger partial charge is 0.337 e. The van der Waals surface area contributed by atoms with E-state index in [4.69, 9.17) is 14.2 Å². The lowest BCUT2D eigenvalue weighted by Gasteiger charge is -2.62. The molecule has 5 aliphatic rings. The van der Waals surface area contributed by atoms with Gasteiger partial charge in [0.25, 0.3) is 0 Å². The zero-order valence-corrected chi connectivity index (χ0v) is 21.1. The number of hydrogen-bond donors (Lipinski definition) is 2. The standard InChI is InChI=1S/C30H33NO6/c1-2-35-28(33)21-15-30(34)23-14-20-10-11-22(36-17-19-6-4-3-5-7-19)26-24(20)29(30,27(37-26)25(21)32)12-13-31(23)16-18-8-9-18/h3-7,10-11,18,23,27,32,34H,2,8-9,12-17H2,1H3/t23-,27?,29+,30-/m1/s1. The van der Waals surface area contributed by atoms with Crippen molar-refractivity contribution in [3.8, 4) is 11.5 Å². The molecule has 1 unspecified atom stereocenters. The van der Waals surface area contributed by atoms with Crippen molar-refractivity contribution >= 4 is 5.97 Å². The molecule has 7 rings (SSSR count). The maximum Gasteiger partial charge on any atom is 0.337 e. The summed E-state index contributed by atoms with van der Waals surface area (Å²) < 4.78 is 18.1. The molecular weight excluding hydrogens is 470 g/mol. The number of esters is 1. The molecule has 2 aromatic carbocycles. The number of piperidine rings is 1. The SMILES string of the molecule is CCOC(=O)C1=C(O)C2Oc3c(OCc4ccccc4)ccc4c3[C@@]23CCN(CC2CC2)[C@H](C4)[C@]3(O)C1. The second-order valence-electron chi connectivity index (χ2n) is 11.3. The summed E-state index contributed by atoms with van der Waals surface area (Å²) in [5, 5.41) is 24.2. The Hall–Kier alpha value is -3.03. The Morgan fingerprint density at radius 3 is 2.76 bits per heavy atom. The fourth-order valence-corrected chi connectivity index (χ4v) is 7.41. The van der Waals surface area contributed by atoms with Gasteiger partial charge in [0.1, 0.15) is 12.4 Å². The highest BCUT2D eigenvalue weighted by atomic mass is 16.5. The maximum atomic E-state index is 13.0. The summed E-state index contributed by atoms with van der Waals surface area (Å²) in [5.74, 6) is 1.16. The molecule has 2 heterocycles. The van der Waals surface area contributed by atoms with Crippen LogP contribution >= 0.6 is 0 Å². The van der Waals surface area contributed by atoms with Crippen LogP contribution in [0.4, 0.5) is 0 Å². The highest BCUT2D eigenvalue weighted by molar-refractivity contribution is 5.90. The number of carbonyl (C=O) groups is 1. The van der Waals surface area contributed by atoms with E-state index in [1.54, 1.807) is 6.92 Å². The molecule has 3 aliphatic carbocycles. The summed E-state index contributed by atoms with van der Waals surface area (Å²) in [6.45, 7) is 4.10. The van der Waals surface area contributed by atoms with Gasteiger partial charge in [0, 0.05) is 24.6 Å². The Morgan fingerprint density at radius 1 is 1.19 bits per heavy atom. The van der Waals surface area contributed by atoms with E-state index in [0.29, 0.717) is 36.9 Å². The third-order valence-electron chi connectivity index (χ3n) is 9.26. The van der Waals surface area contributed by atoms with Crippen LogP contribution in [0, 0.1) is 5.92 Å². The Labute approximate surface area is 216 Å². The number of likely N-dealkylation sites (tertiary alicyclic amines) is 1. The molecule has 2 fully saturated rings. The number of aliphatic hydroxyl groups excluding tert-OH is 1. The minimum absolute atomic E-state index is 0.0529. The van der Waals surface area contributed by atoms with Gasteiger partial charge < -0.3 is 24.4 Å². The number of aliphatic hydroxyl groups is 2. The van der Waals surface area contributed by atoms with Crippen molar-refractivity contribution in [1.29, 1.82) is 0 Å². The average Bonchev–Trinajstić information content (AvgIpc) is 3.64. The van der Waals surface area contributed by atoms with Crippen molar-refractivity contribution in [3.05, 3.63) is 70.5 Å². The number of benzene rings is 2. The Morgan fingerprint density at radius 2 is 2.00 bits per heavy atom. The average molecular weight is 504 g/mol. The third kappa shape index (κ3) is 3.23. The molecule has 2 N–H and O–H groups in total. The molecule has 0 amide bonds. The first-order valence-electron chi connectivity index (χ1n) is 13.5. The molecule has 2 aliphatic heterocycles. The second-order valence-corrected chi connectivity index (χ2v) is 11.3. The topological polar surface area (TPSA) is 88.5 Å². The summed E-state index contributed by atoms with van der Waals surface area (Å²) in [6.07, 6.45) is 2.97. The van der Waals surface area contributed by atoms with Gasteiger partial charge >= 0.3 is 5.97 Å². The molecule has 194 valence electrons. The van der Waals surface area contributed by atoms with E-state index in [1.807, 2.05) is 36.4 Å². The van der Waals surface area contributed by atoms with Gasteiger partial charge in [-0.05, 0) is 62.3 Å². The summed E-state index contributed by atoms with van der Waals surface area (Å²) in [6, 6.07) is 13.8. The predicted octanol–water partition coefficient (Wildman–Crippen LogP) is 3.81. The van der Waals surface area contributed by atoms with Crippen LogP contribution in [0.1, 0.15) is 49.3 Å². The molecule has 2 bridgehead atoms. The molecule has 0 radical (unpaired) electrons. The normalized spacial score (nSPS) is 31.5. The van der Waals surface area contributed by atoms with E-state index >= 15 is 0 Å². The number of ether oxygens (including phenoxy) is 3. The van der Waals surface area contributed by atoms with Gasteiger partial charge in [0.15, 0.2) is 17.6 Å². The molecule has 0 aromatic heterocycles. The van der Waals surface area contributed by atoms with Gasteiger partial charge in [-0.15, -0.1) is 0 Å². The van der Waals surface area contributed by atoms with Gasteiger partial charge in [-0.3, -0.25) is 4.90 Å². The highest BCUT2D eigenvalue weighted by Gasteiger charge is 2.73. The van der Waals surface area contributed by atoms with E-state index in [1.165, 1.54) is 12.8 Å². The molecule has 37 heavy (non-hydrogen) atoms. The van der Waals surface area contributed by atoms with Crippen molar-refractivity contribution in [2.75, 3.05) is 19.7 Å². The van der Waals surface area contributed by atoms with Gasteiger partial charge in [0.2, 0.25) is 0 Å². The van der Waals surface area contributed by atoms with Gasteiger partial charge in [0.05, 0.1) is 23.2 Å². The van der Waals surface area contributed by atoms with E-state index in [0.717, 1.165) is 29.8 Å². The van der Waals surface area contributed by atoms with Crippen LogP contribution in [0.25, 0.3) is 0 Å². The minimum Gasteiger partial charge on any atom is -0.508 e. The Balaban J connectivity index is 1.35. The summed E-state index contributed by atoms with van der Waals surface area (Å²) in [5.41, 5.74) is 1.14. The van der Waals surface area contributed by atoms with Crippen molar-refractivity contribution in [2.24, 2.45) is 5.92 Å². The van der Waals surface area contributed by atoms with Crippen LogP contribution in [-0.4, -0.2) is 58.5 Å². The molecule has 4 atom stereocenters. The molecule has 7 nitrogen and oxygen atoms in total. The first kappa shape index (κ1) is 23.1. The minimum atomic E-state index is -1.27. The largest absolute Gasteiger partial charge is 0.508 e. The van der Waals surface area contributed by atoms with Gasteiger partial charge in [-0.1, -0.05) is 36.4 Å². The molecule has 2 aromatic rings. The molecule has 1 saturated heterocycles. The lowest BCUT2D eigenvalue weighted by Crippen LogP contribution is -2.75. The van der Waals surface area contributed by atoms with Crippen LogP contribution in [0.15, 0.2) is 53.8 Å². The van der Waals surface area contributed by atoms with Crippen LogP contribution in [0.2, 0.25) is 0 Å². The third-order valence-corrected chi connectivity index (χ3v) is 9.26. The van der Waals surface area contributed by atoms with E-state index in [-0.39, 0.29) is 30.4 Å². The first-order valence-corrected chi connectivity index (χ1v) is 13.5. The first-order chi connectivity index (χ1) is 18.0. The zero-order valence-electron chi connectivity index (χ0n) is 21.1. The Kier molecular flexibility index (Phi) is 5.14. The van der Waals surface area contributed by atoms with Crippen LogP contribution < -0.4 is 9.47 Å². The van der Waals surface area contributed by atoms with Crippen molar-refractivity contribution in [1.82, 2.24) is 4.90 Å². The van der Waals surface area contributed by atoms with Crippen molar-refractivity contribution in [2.45, 2.75) is 68.8 Å². The van der Waals surface area contributed by atoms with Gasteiger partial charge in [-0.25, -0.2) is 4.79 Å². The van der Waals surface area contributed by atoms with E-state index in [9.17, 15) is 15.0 Å². The predicted molar refractivity (Wildman–Crippen MR) is 136 cm³/mol. The molecule has 1 saturated carbocycles. The summed E-state index contributed by atoms with van der Waals surface area (Å²) >= 11 is 0. The van der Waals surface area contributed by atoms with Gasteiger partial charge in [-0.2, -0.15) is 0 Å². The lowest BCUT2D eigenvalue weighted by atomic mass is 9.49. The fraction of sp³-hybridized carbons (Fsp3) is 0.500. The number of nitrogens with zero attached hydrogens (tertiary/aromatic N) is 1. The second kappa shape index (κ2) is 8.23. The van der Waals surface area contributed by atoms with E-state index in [2.05, 4.69) is 11.0 Å². The monoisotopic (exact) mass is 503 g/mol. The zero-order chi connectivity index (χ0) is 25.4. The van der Waals surface area contributed by atoms with Crippen LogP contribution in [-0.2, 0) is 28.0 Å². The summed E-state index contributed by atoms with van der Waals surface area (Å²) in [7, 11) is 0. The van der Waals surface area contributed by atoms with Crippen LogP contribution in [0.5, 0.6) is 11.5 Å². The summed E-state index contributed by atoms with van der Waals surface area (Å²) in [4.78, 5) is 15.4. The van der Waals surface area contributed by atoms with Crippen molar-refractivity contribution in [3.63, 3.8) is 0 Å². The quantitative estimate of drug-likeness (QED) is 0.556. The maximum absolute atomic E-state index is 13.0. The van der Waals surface area contributed by atoms with Crippen LogP contribution in [0.3, 0.4) is 0 Å². The number of rotatable bonds is 7.